The summed E-state index contributed by atoms with van der Waals surface area (Å²) in [6, 6.07) is 0. The molecule has 1 aliphatic heterocycles. The fourth-order valence-corrected chi connectivity index (χ4v) is 4.51. The Morgan fingerprint density at radius 2 is 2.14 bits per heavy atom. The first-order valence-electron chi connectivity index (χ1n) is 7.00. The summed E-state index contributed by atoms with van der Waals surface area (Å²) in [7, 11) is 0. The number of carbonyl (C=O) groups is 2. The van der Waals surface area contributed by atoms with Gasteiger partial charge in [-0.3, -0.25) is 14.9 Å². The summed E-state index contributed by atoms with van der Waals surface area (Å²) in [4.78, 5) is 24.5. The molecule has 0 aromatic carbocycles. The molecular formula is C12H19N4O3S3+. The number of aromatic nitrogens is 2. The van der Waals surface area contributed by atoms with Crippen LogP contribution in [0.3, 0.4) is 0 Å². The monoisotopic (exact) mass is 363 g/mol. The lowest BCUT2D eigenvalue weighted by Crippen LogP contribution is -3.14. The van der Waals surface area contributed by atoms with Crippen molar-refractivity contribution in [1.29, 1.82) is 0 Å². The van der Waals surface area contributed by atoms with Gasteiger partial charge in [0.05, 0.1) is 25.4 Å². The molecule has 2 N–H and O–H groups in total. The Morgan fingerprint density at radius 1 is 1.36 bits per heavy atom. The minimum absolute atomic E-state index is 0.0417. The second-order valence-corrected chi connectivity index (χ2v) is 7.98. The fraction of sp³-hybridized carbons (Fsp3) is 0.667. The van der Waals surface area contributed by atoms with Gasteiger partial charge in [-0.05, 0) is 6.92 Å². The van der Waals surface area contributed by atoms with Gasteiger partial charge in [0.25, 0.3) is 5.91 Å². The third kappa shape index (κ3) is 6.11. The van der Waals surface area contributed by atoms with Gasteiger partial charge < -0.3 is 9.64 Å². The highest BCUT2D eigenvalue weighted by Crippen LogP contribution is 2.25. The molecule has 1 aromatic heterocycles. The molecule has 122 valence electrons. The molecule has 1 fully saturated rings. The van der Waals surface area contributed by atoms with Crippen molar-refractivity contribution in [3.8, 4) is 0 Å². The summed E-state index contributed by atoms with van der Waals surface area (Å²) in [5, 5.41) is 11.1. The molecule has 0 atom stereocenters. The molecule has 2 heterocycles. The Hall–Kier alpha value is -0.840. The first-order valence-corrected chi connectivity index (χ1v) is 9.96. The van der Waals surface area contributed by atoms with E-state index in [0.717, 1.165) is 24.6 Å². The number of esters is 1. The number of hydrogen-bond acceptors (Lipinski definition) is 8. The number of anilines is 1. The highest BCUT2D eigenvalue weighted by atomic mass is 32.2. The quantitative estimate of drug-likeness (QED) is 0.393. The number of quaternary nitrogens is 1. The summed E-state index contributed by atoms with van der Waals surface area (Å²) in [5.41, 5.74) is 0. The lowest BCUT2D eigenvalue weighted by Gasteiger charge is -2.22. The van der Waals surface area contributed by atoms with Gasteiger partial charge in [-0.1, -0.05) is 23.1 Å². The number of hydrogen-bond donors (Lipinski definition) is 2. The molecule has 0 unspecified atom stereocenters. The minimum Gasteiger partial charge on any atom is -0.465 e. The van der Waals surface area contributed by atoms with Crippen LogP contribution in [0.2, 0.25) is 0 Å². The molecule has 0 bridgehead atoms. The Morgan fingerprint density at radius 3 is 2.86 bits per heavy atom. The van der Waals surface area contributed by atoms with Gasteiger partial charge in [-0.15, -0.1) is 10.2 Å². The number of rotatable bonds is 7. The maximum atomic E-state index is 12.0. The minimum atomic E-state index is -0.278. The van der Waals surface area contributed by atoms with E-state index < -0.39 is 0 Å². The van der Waals surface area contributed by atoms with Gasteiger partial charge in [-0.25, -0.2) is 0 Å². The largest absolute Gasteiger partial charge is 0.465 e. The van der Waals surface area contributed by atoms with Gasteiger partial charge in [-0.2, -0.15) is 11.8 Å². The predicted molar refractivity (Wildman–Crippen MR) is 88.8 cm³/mol. The van der Waals surface area contributed by atoms with Crippen LogP contribution in [0, 0.1) is 0 Å². The van der Waals surface area contributed by atoms with Gasteiger partial charge in [0.2, 0.25) is 5.13 Å². The van der Waals surface area contributed by atoms with Crippen molar-refractivity contribution in [3.05, 3.63) is 0 Å². The van der Waals surface area contributed by atoms with Crippen LogP contribution in [0.1, 0.15) is 6.92 Å². The topological polar surface area (TPSA) is 85.6 Å². The number of thioether (sulfide) groups is 2. The van der Waals surface area contributed by atoms with E-state index in [-0.39, 0.29) is 17.6 Å². The van der Waals surface area contributed by atoms with Crippen molar-refractivity contribution in [2.45, 2.75) is 11.3 Å². The van der Waals surface area contributed by atoms with Crippen molar-refractivity contribution >= 4 is 51.9 Å². The van der Waals surface area contributed by atoms with Crippen LogP contribution in [0.25, 0.3) is 0 Å². The van der Waals surface area contributed by atoms with Crippen LogP contribution in [0.15, 0.2) is 4.34 Å². The second kappa shape index (κ2) is 9.33. The number of nitrogens with zero attached hydrogens (tertiary/aromatic N) is 2. The third-order valence-electron chi connectivity index (χ3n) is 2.88. The molecule has 1 saturated heterocycles. The molecule has 2 rings (SSSR count). The maximum Gasteiger partial charge on any atom is 0.316 e. The zero-order valence-electron chi connectivity index (χ0n) is 12.3. The van der Waals surface area contributed by atoms with Crippen molar-refractivity contribution in [2.75, 3.05) is 48.8 Å². The molecule has 22 heavy (non-hydrogen) atoms. The van der Waals surface area contributed by atoms with Crippen LogP contribution < -0.4 is 10.2 Å². The molecule has 1 aromatic rings. The molecule has 0 saturated carbocycles. The third-order valence-corrected chi connectivity index (χ3v) is 5.81. The number of carbonyl (C=O) groups excluding carboxylic acids is 2. The molecule has 1 aliphatic rings. The highest BCUT2D eigenvalue weighted by Gasteiger charge is 2.18. The standard InChI is InChI=1S/C12H18N4O3S3/c1-2-19-10(18)8-21-12-15-14-11(22-12)13-9(17)7-16-3-5-20-6-4-16/h2-8H2,1H3,(H,13,14,17)/p+1. The van der Waals surface area contributed by atoms with Gasteiger partial charge >= 0.3 is 5.97 Å². The first-order chi connectivity index (χ1) is 10.7. The zero-order valence-corrected chi connectivity index (χ0v) is 14.7. The normalized spacial score (nSPS) is 15.5. The lowest BCUT2D eigenvalue weighted by molar-refractivity contribution is -0.887. The Balaban J connectivity index is 1.73. The molecule has 1 amide bonds. The summed E-state index contributed by atoms with van der Waals surface area (Å²) in [6.45, 7) is 4.65. The van der Waals surface area contributed by atoms with E-state index in [2.05, 4.69) is 15.5 Å². The lowest BCUT2D eigenvalue weighted by atomic mass is 10.4. The van der Waals surface area contributed by atoms with E-state index in [1.54, 1.807) is 6.92 Å². The van der Waals surface area contributed by atoms with Crippen molar-refractivity contribution in [2.24, 2.45) is 0 Å². The number of nitrogens with one attached hydrogen (secondary N) is 2. The van der Waals surface area contributed by atoms with Crippen LogP contribution in [0.5, 0.6) is 0 Å². The van der Waals surface area contributed by atoms with Crippen LogP contribution in [0.4, 0.5) is 5.13 Å². The smallest absolute Gasteiger partial charge is 0.316 e. The molecule has 10 heteroatoms. The van der Waals surface area contributed by atoms with Crippen LogP contribution in [-0.2, 0) is 14.3 Å². The summed E-state index contributed by atoms with van der Waals surface area (Å²) in [6.07, 6.45) is 0. The van der Waals surface area contributed by atoms with E-state index in [1.807, 2.05) is 11.8 Å². The summed E-state index contributed by atoms with van der Waals surface area (Å²) < 4.78 is 5.49. The van der Waals surface area contributed by atoms with E-state index in [1.165, 1.54) is 28.0 Å². The highest BCUT2D eigenvalue weighted by molar-refractivity contribution is 8.01. The first kappa shape index (κ1) is 17.5. The Kier molecular flexibility index (Phi) is 7.43. The fourth-order valence-electron chi connectivity index (χ4n) is 1.87. The average molecular weight is 364 g/mol. The van der Waals surface area contributed by atoms with Crippen LogP contribution in [-0.4, -0.2) is 65.6 Å². The van der Waals surface area contributed by atoms with E-state index >= 15 is 0 Å². The SMILES string of the molecule is CCOC(=O)CSc1nnc(NC(=O)C[NH+]2CCSCC2)s1. The number of amides is 1. The van der Waals surface area contributed by atoms with Gasteiger partial charge in [0.1, 0.15) is 0 Å². The Labute approximate surface area is 141 Å². The zero-order chi connectivity index (χ0) is 15.8. The number of ether oxygens (including phenoxy) is 1. The summed E-state index contributed by atoms with van der Waals surface area (Å²) in [5.74, 6) is 2.10. The van der Waals surface area contributed by atoms with Gasteiger partial charge in [0, 0.05) is 11.5 Å². The second-order valence-electron chi connectivity index (χ2n) is 4.55. The van der Waals surface area contributed by atoms with Crippen molar-refractivity contribution in [3.63, 3.8) is 0 Å². The van der Waals surface area contributed by atoms with E-state index in [0.29, 0.717) is 22.6 Å². The van der Waals surface area contributed by atoms with Crippen molar-refractivity contribution < 1.29 is 19.2 Å². The summed E-state index contributed by atoms with van der Waals surface area (Å²) >= 11 is 4.46. The Bertz CT molecular complexity index is 506. The van der Waals surface area contributed by atoms with Crippen LogP contribution >= 0.6 is 34.9 Å². The predicted octanol–water partition coefficient (Wildman–Crippen LogP) is -0.236. The molecule has 0 aliphatic carbocycles. The maximum absolute atomic E-state index is 12.0. The molecule has 0 radical (unpaired) electrons. The molecular weight excluding hydrogens is 344 g/mol. The molecule has 7 nitrogen and oxygen atoms in total. The van der Waals surface area contributed by atoms with Gasteiger partial charge in [0.15, 0.2) is 10.9 Å². The van der Waals surface area contributed by atoms with Crippen molar-refractivity contribution in [1.82, 2.24) is 10.2 Å². The average Bonchev–Trinajstić information content (AvgIpc) is 2.94. The van der Waals surface area contributed by atoms with E-state index in [9.17, 15) is 9.59 Å². The molecule has 0 spiro atoms. The van der Waals surface area contributed by atoms with E-state index in [4.69, 9.17) is 4.74 Å².